The summed E-state index contributed by atoms with van der Waals surface area (Å²) in [6.45, 7) is 1.47. The minimum Gasteiger partial charge on any atom is -0.364 e. The van der Waals surface area contributed by atoms with E-state index in [0.29, 0.717) is 43.8 Å². The SMILES string of the molecule is O=C(NC1CCN(c2nnc(NCc3ccccc3)c3ccccc23)C1)c1ccc(F)cc1C(F)(F)F. The van der Waals surface area contributed by atoms with Gasteiger partial charge < -0.3 is 15.5 Å². The molecule has 2 N–H and O–H groups in total. The highest BCUT2D eigenvalue weighted by molar-refractivity contribution is 5.99. The van der Waals surface area contributed by atoms with Gasteiger partial charge in [-0.3, -0.25) is 4.79 Å². The first-order chi connectivity index (χ1) is 17.8. The number of fused-ring (bicyclic) bond motifs is 1. The van der Waals surface area contributed by atoms with E-state index in [1.54, 1.807) is 0 Å². The zero-order valence-electron chi connectivity index (χ0n) is 19.6. The number of benzene rings is 3. The smallest absolute Gasteiger partial charge is 0.364 e. The maximum atomic E-state index is 13.4. The number of aromatic nitrogens is 2. The third-order valence-electron chi connectivity index (χ3n) is 6.33. The zero-order valence-corrected chi connectivity index (χ0v) is 19.6. The maximum absolute atomic E-state index is 13.4. The summed E-state index contributed by atoms with van der Waals surface area (Å²) in [5.41, 5.74) is -0.799. The van der Waals surface area contributed by atoms with E-state index >= 15 is 0 Å². The summed E-state index contributed by atoms with van der Waals surface area (Å²) >= 11 is 0. The van der Waals surface area contributed by atoms with Crippen LogP contribution in [-0.2, 0) is 12.7 Å². The largest absolute Gasteiger partial charge is 0.417 e. The van der Waals surface area contributed by atoms with Gasteiger partial charge in [0.25, 0.3) is 5.91 Å². The molecule has 1 atom stereocenters. The van der Waals surface area contributed by atoms with Crippen LogP contribution >= 0.6 is 0 Å². The first-order valence-corrected chi connectivity index (χ1v) is 11.8. The first kappa shape index (κ1) is 24.5. The van der Waals surface area contributed by atoms with Gasteiger partial charge in [0.1, 0.15) is 5.82 Å². The summed E-state index contributed by atoms with van der Waals surface area (Å²) in [5.74, 6) is -0.669. The number of hydrogen-bond donors (Lipinski definition) is 2. The molecule has 2 heterocycles. The molecule has 1 aliphatic rings. The number of carbonyl (C=O) groups excluding carboxylic acids is 1. The van der Waals surface area contributed by atoms with Crippen molar-refractivity contribution in [2.75, 3.05) is 23.3 Å². The zero-order chi connectivity index (χ0) is 26.0. The van der Waals surface area contributed by atoms with Crippen molar-refractivity contribution in [2.45, 2.75) is 25.2 Å². The molecule has 0 spiro atoms. The normalized spacial score (nSPS) is 15.7. The van der Waals surface area contributed by atoms with E-state index in [4.69, 9.17) is 0 Å². The number of alkyl halides is 3. The van der Waals surface area contributed by atoms with Gasteiger partial charge in [-0.25, -0.2) is 4.39 Å². The number of halogens is 4. The molecule has 37 heavy (non-hydrogen) atoms. The van der Waals surface area contributed by atoms with Crippen molar-refractivity contribution < 1.29 is 22.4 Å². The van der Waals surface area contributed by atoms with Crippen LogP contribution in [0.25, 0.3) is 10.8 Å². The third kappa shape index (κ3) is 5.32. The van der Waals surface area contributed by atoms with Gasteiger partial charge in [0.2, 0.25) is 0 Å². The average molecular weight is 510 g/mol. The number of hydrogen-bond acceptors (Lipinski definition) is 5. The lowest BCUT2D eigenvalue weighted by Gasteiger charge is -2.20. The molecule has 3 aromatic carbocycles. The Hall–Kier alpha value is -4.21. The molecular formula is C27H23F4N5O. The van der Waals surface area contributed by atoms with E-state index in [0.717, 1.165) is 28.5 Å². The maximum Gasteiger partial charge on any atom is 0.417 e. The van der Waals surface area contributed by atoms with Crippen LogP contribution in [-0.4, -0.2) is 35.2 Å². The van der Waals surface area contributed by atoms with Crippen LogP contribution in [0.3, 0.4) is 0 Å². The van der Waals surface area contributed by atoms with Crippen molar-refractivity contribution in [2.24, 2.45) is 0 Å². The standard InChI is InChI=1S/C27H23F4N5O/c28-18-10-11-22(23(14-18)27(29,30)31)26(37)33-19-12-13-36(16-19)25-21-9-5-4-8-20(21)24(34-35-25)32-15-17-6-2-1-3-7-17/h1-11,14,19H,12-13,15-16H2,(H,32,34)(H,33,37). The quantitative estimate of drug-likeness (QED) is 0.340. The Morgan fingerprint density at radius 3 is 2.46 bits per heavy atom. The number of anilines is 2. The molecule has 0 aliphatic carbocycles. The van der Waals surface area contributed by atoms with Crippen LogP contribution in [0.2, 0.25) is 0 Å². The van der Waals surface area contributed by atoms with Crippen molar-refractivity contribution in [3.8, 4) is 0 Å². The number of carbonyl (C=O) groups is 1. The van der Waals surface area contributed by atoms with Crippen molar-refractivity contribution in [3.63, 3.8) is 0 Å². The second-order valence-corrected chi connectivity index (χ2v) is 8.85. The van der Waals surface area contributed by atoms with E-state index in [9.17, 15) is 22.4 Å². The van der Waals surface area contributed by atoms with E-state index < -0.39 is 35.1 Å². The second kappa shape index (κ2) is 10.0. The second-order valence-electron chi connectivity index (χ2n) is 8.85. The molecule has 0 radical (unpaired) electrons. The van der Waals surface area contributed by atoms with Crippen LogP contribution in [0.15, 0.2) is 72.8 Å². The number of nitrogens with one attached hydrogen (secondary N) is 2. The minimum atomic E-state index is -4.85. The van der Waals surface area contributed by atoms with Gasteiger partial charge in [-0.1, -0.05) is 54.6 Å². The van der Waals surface area contributed by atoms with Crippen LogP contribution < -0.4 is 15.5 Å². The summed E-state index contributed by atoms with van der Waals surface area (Å²) in [6.07, 6.45) is -4.33. The van der Waals surface area contributed by atoms with Crippen molar-refractivity contribution in [3.05, 3.63) is 95.3 Å². The molecule has 5 rings (SSSR count). The summed E-state index contributed by atoms with van der Waals surface area (Å²) in [7, 11) is 0. The summed E-state index contributed by atoms with van der Waals surface area (Å²) in [4.78, 5) is 14.6. The molecule has 10 heteroatoms. The Morgan fingerprint density at radius 1 is 0.973 bits per heavy atom. The highest BCUT2D eigenvalue weighted by Gasteiger charge is 2.36. The first-order valence-electron chi connectivity index (χ1n) is 11.8. The molecule has 1 aromatic heterocycles. The average Bonchev–Trinajstić information content (AvgIpc) is 3.35. The highest BCUT2D eigenvalue weighted by atomic mass is 19.4. The van der Waals surface area contributed by atoms with Crippen LogP contribution in [0.4, 0.5) is 29.2 Å². The fourth-order valence-corrected chi connectivity index (χ4v) is 4.52. The van der Waals surface area contributed by atoms with Gasteiger partial charge in [-0.05, 0) is 30.2 Å². The lowest BCUT2D eigenvalue weighted by molar-refractivity contribution is -0.138. The molecule has 4 aromatic rings. The minimum absolute atomic E-state index is 0.338. The topological polar surface area (TPSA) is 70.2 Å². The van der Waals surface area contributed by atoms with Gasteiger partial charge in [-0.2, -0.15) is 13.2 Å². The Morgan fingerprint density at radius 2 is 1.70 bits per heavy atom. The van der Waals surface area contributed by atoms with E-state index in [1.807, 2.05) is 59.5 Å². The molecule has 190 valence electrons. The van der Waals surface area contributed by atoms with Crippen LogP contribution in [0.1, 0.15) is 27.9 Å². The fourth-order valence-electron chi connectivity index (χ4n) is 4.52. The fraction of sp³-hybridized carbons (Fsp3) is 0.222. The molecule has 1 saturated heterocycles. The predicted molar refractivity (Wildman–Crippen MR) is 133 cm³/mol. The Kier molecular flexibility index (Phi) is 6.64. The van der Waals surface area contributed by atoms with Crippen LogP contribution in [0.5, 0.6) is 0 Å². The number of nitrogens with zero attached hydrogens (tertiary/aromatic N) is 3. The summed E-state index contributed by atoms with van der Waals surface area (Å²) in [5, 5.41) is 16.6. The monoisotopic (exact) mass is 509 g/mol. The van der Waals surface area contributed by atoms with Gasteiger partial charge in [0, 0.05) is 36.4 Å². The van der Waals surface area contributed by atoms with E-state index in [1.165, 1.54) is 0 Å². The molecule has 6 nitrogen and oxygen atoms in total. The lowest BCUT2D eigenvalue weighted by atomic mass is 10.1. The van der Waals surface area contributed by atoms with Crippen LogP contribution in [0, 0.1) is 5.82 Å². The molecule has 1 aliphatic heterocycles. The molecule has 1 unspecified atom stereocenters. The number of amides is 1. The van der Waals surface area contributed by atoms with Gasteiger partial charge in [0.15, 0.2) is 11.6 Å². The Bertz CT molecular complexity index is 1430. The summed E-state index contributed by atoms with van der Waals surface area (Å²) < 4.78 is 53.4. The van der Waals surface area contributed by atoms with Gasteiger partial charge in [-0.15, -0.1) is 10.2 Å². The molecular weight excluding hydrogens is 486 g/mol. The molecule has 1 fully saturated rings. The Balaban J connectivity index is 1.32. The summed E-state index contributed by atoms with van der Waals surface area (Å²) in [6, 6.07) is 19.2. The van der Waals surface area contributed by atoms with E-state index in [2.05, 4.69) is 20.8 Å². The third-order valence-corrected chi connectivity index (χ3v) is 6.33. The molecule has 0 bridgehead atoms. The Labute approximate surface area is 210 Å². The molecule has 0 saturated carbocycles. The lowest BCUT2D eigenvalue weighted by Crippen LogP contribution is -2.38. The predicted octanol–water partition coefficient (Wildman–Crippen LogP) is 5.41. The van der Waals surface area contributed by atoms with Gasteiger partial charge in [0.05, 0.1) is 11.1 Å². The van der Waals surface area contributed by atoms with E-state index in [-0.39, 0.29) is 0 Å². The highest BCUT2D eigenvalue weighted by Crippen LogP contribution is 2.33. The van der Waals surface area contributed by atoms with Gasteiger partial charge >= 0.3 is 6.18 Å². The number of rotatable bonds is 6. The van der Waals surface area contributed by atoms with Crippen molar-refractivity contribution >= 4 is 28.3 Å². The molecule has 1 amide bonds. The van der Waals surface area contributed by atoms with Crippen molar-refractivity contribution in [1.82, 2.24) is 15.5 Å². The van der Waals surface area contributed by atoms with Crippen molar-refractivity contribution in [1.29, 1.82) is 0 Å².